The molecule has 6 nitrogen and oxygen atoms in total. The van der Waals surface area contributed by atoms with Crippen molar-refractivity contribution in [2.24, 2.45) is 0 Å². The van der Waals surface area contributed by atoms with Crippen LogP contribution in [-0.2, 0) is 0 Å². The van der Waals surface area contributed by atoms with Crippen molar-refractivity contribution in [1.82, 2.24) is 0 Å². The molecular formula is C14H10INO5. The summed E-state index contributed by atoms with van der Waals surface area (Å²) in [6.45, 7) is 1.70. The van der Waals surface area contributed by atoms with Crippen LogP contribution in [-0.4, -0.2) is 16.0 Å². The molecule has 0 saturated heterocycles. The average Bonchev–Trinajstić information content (AvgIpc) is 2.40. The second-order valence-corrected chi connectivity index (χ2v) is 5.55. The number of carboxylic acid groups (broad SMARTS) is 1. The van der Waals surface area contributed by atoms with Crippen LogP contribution >= 0.6 is 22.6 Å². The van der Waals surface area contributed by atoms with E-state index in [1.54, 1.807) is 19.1 Å². The number of halogens is 1. The van der Waals surface area contributed by atoms with Crippen LogP contribution in [0.3, 0.4) is 0 Å². The number of nitro groups is 1. The summed E-state index contributed by atoms with van der Waals surface area (Å²) in [6, 6.07) is 8.99. The summed E-state index contributed by atoms with van der Waals surface area (Å²) in [7, 11) is 0. The molecule has 0 amide bonds. The van der Waals surface area contributed by atoms with Gasteiger partial charge in [0.05, 0.1) is 11.0 Å². The van der Waals surface area contributed by atoms with Crippen LogP contribution in [0, 0.1) is 20.6 Å². The van der Waals surface area contributed by atoms with Gasteiger partial charge in [-0.2, -0.15) is 0 Å². The molecule has 2 aromatic rings. The lowest BCUT2D eigenvalue weighted by molar-refractivity contribution is -0.385. The number of nitro benzene ring substituents is 1. The number of hydrogen-bond donors (Lipinski definition) is 1. The highest BCUT2D eigenvalue weighted by Gasteiger charge is 2.15. The van der Waals surface area contributed by atoms with Crippen LogP contribution < -0.4 is 4.74 Å². The van der Waals surface area contributed by atoms with Gasteiger partial charge in [-0.05, 0) is 59.3 Å². The van der Waals surface area contributed by atoms with Crippen molar-refractivity contribution in [2.75, 3.05) is 0 Å². The summed E-state index contributed by atoms with van der Waals surface area (Å²) in [4.78, 5) is 21.5. The molecule has 0 bridgehead atoms. The van der Waals surface area contributed by atoms with E-state index in [0.717, 1.165) is 3.57 Å². The number of non-ortho nitro benzene ring substituents is 1. The Morgan fingerprint density at radius 2 is 2.00 bits per heavy atom. The number of rotatable bonds is 4. The van der Waals surface area contributed by atoms with E-state index in [-0.39, 0.29) is 22.7 Å². The molecule has 0 aliphatic heterocycles. The lowest BCUT2D eigenvalue weighted by Crippen LogP contribution is -2.01. The van der Waals surface area contributed by atoms with E-state index in [9.17, 15) is 20.0 Å². The predicted molar refractivity (Wildman–Crippen MR) is 84.0 cm³/mol. The quantitative estimate of drug-likeness (QED) is 0.477. The van der Waals surface area contributed by atoms with Gasteiger partial charge < -0.3 is 9.84 Å². The fraction of sp³-hybridized carbons (Fsp3) is 0.0714. The first-order chi connectivity index (χ1) is 9.86. The van der Waals surface area contributed by atoms with Crippen molar-refractivity contribution in [1.29, 1.82) is 0 Å². The summed E-state index contributed by atoms with van der Waals surface area (Å²) in [5.41, 5.74) is 0.556. The summed E-state index contributed by atoms with van der Waals surface area (Å²) in [6.07, 6.45) is 0. The standard InChI is InChI=1S/C14H10INO5/c1-8-4-10(16(19)20)7-11(5-8)21-13-3-2-9(15)6-12(13)14(17)18/h2-7H,1H3,(H,17,18). The normalized spacial score (nSPS) is 10.2. The van der Waals surface area contributed by atoms with E-state index in [4.69, 9.17) is 4.74 Å². The Kier molecular flexibility index (Phi) is 4.41. The molecule has 21 heavy (non-hydrogen) atoms. The Bertz CT molecular complexity index is 729. The van der Waals surface area contributed by atoms with Crippen LogP contribution in [0.5, 0.6) is 11.5 Å². The predicted octanol–water partition coefficient (Wildman–Crippen LogP) is 4.00. The first-order valence-electron chi connectivity index (χ1n) is 5.83. The number of carboxylic acids is 1. The SMILES string of the molecule is Cc1cc(Oc2ccc(I)cc2C(=O)O)cc([N+](=O)[O-])c1. The summed E-state index contributed by atoms with van der Waals surface area (Å²) in [5.74, 6) is -0.751. The third-order valence-corrected chi connectivity index (χ3v) is 3.32. The second-order valence-electron chi connectivity index (χ2n) is 4.31. The van der Waals surface area contributed by atoms with Crippen molar-refractivity contribution in [3.05, 3.63) is 61.2 Å². The molecule has 0 spiro atoms. The molecule has 0 atom stereocenters. The fourth-order valence-electron chi connectivity index (χ4n) is 1.78. The Morgan fingerprint density at radius 1 is 1.29 bits per heavy atom. The van der Waals surface area contributed by atoms with Gasteiger partial charge in [0.15, 0.2) is 0 Å². The monoisotopic (exact) mass is 399 g/mol. The van der Waals surface area contributed by atoms with Crippen LogP contribution in [0.2, 0.25) is 0 Å². The molecule has 0 aromatic heterocycles. The molecule has 7 heteroatoms. The van der Waals surface area contributed by atoms with Gasteiger partial charge in [0, 0.05) is 9.64 Å². The number of aryl methyl sites for hydroxylation is 1. The van der Waals surface area contributed by atoms with E-state index in [0.29, 0.717) is 5.56 Å². The molecule has 0 fully saturated rings. The third-order valence-electron chi connectivity index (χ3n) is 2.65. The van der Waals surface area contributed by atoms with Gasteiger partial charge in [0.2, 0.25) is 0 Å². The van der Waals surface area contributed by atoms with Gasteiger partial charge in [-0.15, -0.1) is 0 Å². The van der Waals surface area contributed by atoms with E-state index in [1.165, 1.54) is 24.3 Å². The molecule has 0 unspecified atom stereocenters. The molecule has 0 saturated carbocycles. The maximum absolute atomic E-state index is 11.2. The zero-order valence-electron chi connectivity index (χ0n) is 10.9. The number of benzene rings is 2. The van der Waals surface area contributed by atoms with Crippen LogP contribution in [0.1, 0.15) is 15.9 Å². The van der Waals surface area contributed by atoms with Crippen LogP contribution in [0.15, 0.2) is 36.4 Å². The molecule has 2 aromatic carbocycles. The van der Waals surface area contributed by atoms with E-state index >= 15 is 0 Å². The third kappa shape index (κ3) is 3.69. The highest BCUT2D eigenvalue weighted by atomic mass is 127. The highest BCUT2D eigenvalue weighted by molar-refractivity contribution is 14.1. The van der Waals surface area contributed by atoms with Gasteiger partial charge in [-0.3, -0.25) is 10.1 Å². The van der Waals surface area contributed by atoms with Crippen molar-refractivity contribution >= 4 is 34.2 Å². The number of carbonyl (C=O) groups is 1. The Hall–Kier alpha value is -2.16. The minimum atomic E-state index is -1.12. The highest BCUT2D eigenvalue weighted by Crippen LogP contribution is 2.30. The minimum absolute atomic E-state index is 0.00561. The molecule has 1 N–H and O–H groups in total. The summed E-state index contributed by atoms with van der Waals surface area (Å²) in [5, 5.41) is 20.0. The van der Waals surface area contributed by atoms with Gasteiger partial charge in [-0.1, -0.05) is 0 Å². The molecule has 0 heterocycles. The number of nitrogens with zero attached hydrogens (tertiary/aromatic N) is 1. The van der Waals surface area contributed by atoms with Gasteiger partial charge in [-0.25, -0.2) is 4.79 Å². The van der Waals surface area contributed by atoms with Crippen LogP contribution in [0.4, 0.5) is 5.69 Å². The van der Waals surface area contributed by atoms with Gasteiger partial charge >= 0.3 is 5.97 Å². The summed E-state index contributed by atoms with van der Waals surface area (Å²) >= 11 is 2.00. The van der Waals surface area contributed by atoms with Gasteiger partial charge in [0.1, 0.15) is 17.1 Å². The zero-order valence-corrected chi connectivity index (χ0v) is 13.0. The van der Waals surface area contributed by atoms with Gasteiger partial charge in [0.25, 0.3) is 5.69 Å². The molecular weight excluding hydrogens is 389 g/mol. The summed E-state index contributed by atoms with van der Waals surface area (Å²) < 4.78 is 6.27. The van der Waals surface area contributed by atoms with E-state index in [2.05, 4.69) is 0 Å². The molecule has 108 valence electrons. The average molecular weight is 399 g/mol. The number of aromatic carboxylic acids is 1. The molecule has 0 radical (unpaired) electrons. The second kappa shape index (κ2) is 6.08. The van der Waals surface area contributed by atoms with Crippen molar-refractivity contribution < 1.29 is 19.6 Å². The molecule has 0 aliphatic rings. The topological polar surface area (TPSA) is 89.7 Å². The first-order valence-corrected chi connectivity index (χ1v) is 6.91. The largest absolute Gasteiger partial charge is 0.478 e. The fourth-order valence-corrected chi connectivity index (χ4v) is 2.27. The van der Waals surface area contributed by atoms with Crippen LogP contribution in [0.25, 0.3) is 0 Å². The minimum Gasteiger partial charge on any atom is -0.478 e. The van der Waals surface area contributed by atoms with E-state index in [1.807, 2.05) is 22.6 Å². The Morgan fingerprint density at radius 3 is 2.62 bits per heavy atom. The van der Waals surface area contributed by atoms with Crippen molar-refractivity contribution in [3.8, 4) is 11.5 Å². The number of ether oxygens (including phenoxy) is 1. The molecule has 0 aliphatic carbocycles. The maximum atomic E-state index is 11.2. The smallest absolute Gasteiger partial charge is 0.339 e. The number of hydrogen-bond acceptors (Lipinski definition) is 4. The van der Waals surface area contributed by atoms with Crippen molar-refractivity contribution in [2.45, 2.75) is 6.92 Å². The lowest BCUT2D eigenvalue weighted by atomic mass is 10.2. The van der Waals surface area contributed by atoms with Crippen molar-refractivity contribution in [3.63, 3.8) is 0 Å². The molecule has 2 rings (SSSR count). The Balaban J connectivity index is 2.43. The first kappa shape index (κ1) is 15.2. The zero-order chi connectivity index (χ0) is 15.6. The van der Waals surface area contributed by atoms with E-state index < -0.39 is 10.9 Å². The lowest BCUT2D eigenvalue weighted by Gasteiger charge is -2.09. The Labute approximate surface area is 133 Å². The maximum Gasteiger partial charge on any atom is 0.339 e.